The quantitative estimate of drug-likeness (QED) is 0.735. The molecule has 0 bridgehead atoms. The topological polar surface area (TPSA) is 76.8 Å². The van der Waals surface area contributed by atoms with Crippen LogP contribution < -0.4 is 0 Å². The fraction of sp³-hybridized carbons (Fsp3) is 0.188. The largest absolute Gasteiger partial charge is 0.335 e. The molecule has 0 aliphatic carbocycles. The lowest BCUT2D eigenvalue weighted by atomic mass is 10.1. The minimum absolute atomic E-state index is 0.0373. The van der Waals surface area contributed by atoms with E-state index in [-0.39, 0.29) is 11.9 Å². The zero-order valence-corrected chi connectivity index (χ0v) is 12.9. The molecule has 0 N–H and O–H groups in total. The number of pyridine rings is 1. The second kappa shape index (κ2) is 6.35. The van der Waals surface area contributed by atoms with Crippen molar-refractivity contribution in [3.8, 4) is 5.69 Å². The van der Waals surface area contributed by atoms with Gasteiger partial charge in [0.2, 0.25) is 0 Å². The Labute approximate surface area is 133 Å². The summed E-state index contributed by atoms with van der Waals surface area (Å²) in [6.45, 7) is 1.99. The highest BCUT2D eigenvalue weighted by atomic mass is 16.2. The van der Waals surface area contributed by atoms with Gasteiger partial charge in [-0.05, 0) is 59.3 Å². The second-order valence-corrected chi connectivity index (χ2v) is 5.17. The van der Waals surface area contributed by atoms with E-state index < -0.39 is 0 Å². The molecule has 0 fully saturated rings. The highest BCUT2D eigenvalue weighted by Gasteiger charge is 2.18. The van der Waals surface area contributed by atoms with Crippen molar-refractivity contribution in [3.63, 3.8) is 0 Å². The van der Waals surface area contributed by atoms with Crippen molar-refractivity contribution in [1.29, 1.82) is 0 Å². The van der Waals surface area contributed by atoms with E-state index in [1.165, 1.54) is 11.0 Å². The van der Waals surface area contributed by atoms with Crippen LogP contribution in [0.1, 0.15) is 28.9 Å². The van der Waals surface area contributed by atoms with Gasteiger partial charge in [-0.2, -0.15) is 0 Å². The van der Waals surface area contributed by atoms with E-state index in [4.69, 9.17) is 0 Å². The van der Waals surface area contributed by atoms with E-state index in [1.54, 1.807) is 36.5 Å². The van der Waals surface area contributed by atoms with Crippen LogP contribution >= 0.6 is 0 Å². The third-order valence-corrected chi connectivity index (χ3v) is 3.82. The van der Waals surface area contributed by atoms with Gasteiger partial charge in [-0.15, -0.1) is 5.10 Å². The van der Waals surface area contributed by atoms with Crippen LogP contribution in [0.15, 0.2) is 55.1 Å². The van der Waals surface area contributed by atoms with Gasteiger partial charge in [0.15, 0.2) is 0 Å². The van der Waals surface area contributed by atoms with Crippen LogP contribution in [-0.4, -0.2) is 43.0 Å². The number of hydrogen-bond acceptors (Lipinski definition) is 5. The smallest absolute Gasteiger partial charge is 0.254 e. The zero-order chi connectivity index (χ0) is 16.2. The van der Waals surface area contributed by atoms with E-state index in [1.807, 2.05) is 31.2 Å². The van der Waals surface area contributed by atoms with E-state index >= 15 is 0 Å². The lowest BCUT2D eigenvalue weighted by Gasteiger charge is -2.25. The Morgan fingerprint density at radius 3 is 2.43 bits per heavy atom. The highest BCUT2D eigenvalue weighted by molar-refractivity contribution is 5.94. The van der Waals surface area contributed by atoms with Crippen LogP contribution in [0.2, 0.25) is 0 Å². The number of carbonyl (C=O) groups is 1. The Bertz CT molecular complexity index is 770. The first-order valence-corrected chi connectivity index (χ1v) is 7.17. The Kier molecular flexibility index (Phi) is 4.09. The first-order chi connectivity index (χ1) is 11.2. The maximum Gasteiger partial charge on any atom is 0.254 e. The van der Waals surface area contributed by atoms with Crippen molar-refractivity contribution < 1.29 is 4.79 Å². The zero-order valence-electron chi connectivity index (χ0n) is 12.9. The number of carbonyl (C=O) groups excluding carboxylic acids is 1. The van der Waals surface area contributed by atoms with Crippen LogP contribution in [0.25, 0.3) is 5.69 Å². The van der Waals surface area contributed by atoms with Crippen molar-refractivity contribution in [2.75, 3.05) is 7.05 Å². The van der Waals surface area contributed by atoms with Gasteiger partial charge in [0, 0.05) is 25.0 Å². The normalized spacial score (nSPS) is 11.9. The molecule has 1 aromatic carbocycles. The number of rotatable bonds is 4. The summed E-state index contributed by atoms with van der Waals surface area (Å²) in [6.07, 6.45) is 4.96. The van der Waals surface area contributed by atoms with Crippen LogP contribution in [0, 0.1) is 0 Å². The third kappa shape index (κ3) is 3.08. The van der Waals surface area contributed by atoms with E-state index in [9.17, 15) is 4.79 Å². The highest BCUT2D eigenvalue weighted by Crippen LogP contribution is 2.20. The molecule has 1 amide bonds. The number of tetrazole rings is 1. The fourth-order valence-corrected chi connectivity index (χ4v) is 2.28. The standard InChI is InChI=1S/C16H16N6O/c1-12(13-7-9-17-10-8-13)21(2)16(23)14-3-5-15(6-4-14)22-11-18-19-20-22/h3-12H,1-2H3. The molecule has 3 rings (SSSR count). The molecular formula is C16H16N6O. The molecule has 7 nitrogen and oxygen atoms in total. The van der Waals surface area contributed by atoms with Crippen molar-refractivity contribution in [3.05, 3.63) is 66.2 Å². The molecule has 0 saturated heterocycles. The van der Waals surface area contributed by atoms with Gasteiger partial charge in [0.25, 0.3) is 5.91 Å². The summed E-state index contributed by atoms with van der Waals surface area (Å²) in [5.74, 6) is -0.0439. The SMILES string of the molecule is CC(c1ccncc1)N(C)C(=O)c1ccc(-n2cnnn2)cc1. The van der Waals surface area contributed by atoms with Crippen LogP contribution in [-0.2, 0) is 0 Å². The molecule has 1 atom stereocenters. The maximum atomic E-state index is 12.6. The lowest BCUT2D eigenvalue weighted by molar-refractivity contribution is 0.0742. The predicted octanol–water partition coefficient (Wildman–Crippen LogP) is 1.89. The molecule has 2 aromatic heterocycles. The first kappa shape index (κ1) is 14.8. The third-order valence-electron chi connectivity index (χ3n) is 3.82. The van der Waals surface area contributed by atoms with E-state index in [0.717, 1.165) is 11.3 Å². The maximum absolute atomic E-state index is 12.6. The minimum Gasteiger partial charge on any atom is -0.335 e. The number of benzene rings is 1. The van der Waals surface area contributed by atoms with E-state index in [0.29, 0.717) is 5.56 Å². The molecule has 0 spiro atoms. The van der Waals surface area contributed by atoms with Crippen molar-refractivity contribution in [1.82, 2.24) is 30.1 Å². The molecule has 0 aliphatic rings. The van der Waals surface area contributed by atoms with E-state index in [2.05, 4.69) is 20.5 Å². The summed E-state index contributed by atoms with van der Waals surface area (Å²) >= 11 is 0. The fourth-order valence-electron chi connectivity index (χ4n) is 2.28. The monoisotopic (exact) mass is 308 g/mol. The van der Waals surface area contributed by atoms with Gasteiger partial charge in [0.1, 0.15) is 6.33 Å². The number of amides is 1. The second-order valence-electron chi connectivity index (χ2n) is 5.17. The molecule has 23 heavy (non-hydrogen) atoms. The summed E-state index contributed by atoms with van der Waals surface area (Å²) in [4.78, 5) is 18.3. The molecule has 116 valence electrons. The predicted molar refractivity (Wildman–Crippen MR) is 83.9 cm³/mol. The molecule has 0 saturated carbocycles. The van der Waals surface area contributed by atoms with Crippen molar-refractivity contribution in [2.24, 2.45) is 0 Å². The van der Waals surface area contributed by atoms with Gasteiger partial charge >= 0.3 is 0 Å². The molecular weight excluding hydrogens is 292 g/mol. The molecule has 2 heterocycles. The molecule has 1 unspecified atom stereocenters. The van der Waals surface area contributed by atoms with Gasteiger partial charge in [-0.25, -0.2) is 4.68 Å². The summed E-state index contributed by atoms with van der Waals surface area (Å²) in [6, 6.07) is 11.0. The van der Waals surface area contributed by atoms with Crippen molar-refractivity contribution in [2.45, 2.75) is 13.0 Å². The Morgan fingerprint density at radius 1 is 1.13 bits per heavy atom. The van der Waals surface area contributed by atoms with Crippen molar-refractivity contribution >= 4 is 5.91 Å². The molecule has 3 aromatic rings. The van der Waals surface area contributed by atoms with Crippen LogP contribution in [0.4, 0.5) is 0 Å². The Morgan fingerprint density at radius 2 is 1.83 bits per heavy atom. The number of aromatic nitrogens is 5. The number of nitrogens with zero attached hydrogens (tertiary/aromatic N) is 6. The first-order valence-electron chi connectivity index (χ1n) is 7.17. The van der Waals surface area contributed by atoms with Gasteiger partial charge in [0.05, 0.1) is 11.7 Å². The molecule has 0 radical (unpaired) electrons. The average molecular weight is 308 g/mol. The van der Waals surface area contributed by atoms with Crippen LogP contribution in [0.5, 0.6) is 0 Å². The molecule has 0 aliphatic heterocycles. The summed E-state index contributed by atoms with van der Waals surface area (Å²) in [5, 5.41) is 11.0. The number of hydrogen-bond donors (Lipinski definition) is 0. The summed E-state index contributed by atoms with van der Waals surface area (Å²) < 4.78 is 1.54. The minimum atomic E-state index is -0.0439. The lowest BCUT2D eigenvalue weighted by Crippen LogP contribution is -2.29. The molecule has 7 heteroatoms. The van der Waals surface area contributed by atoms with Gasteiger partial charge in [-0.1, -0.05) is 0 Å². The Hall–Kier alpha value is -3.09. The van der Waals surface area contributed by atoms with Crippen LogP contribution in [0.3, 0.4) is 0 Å². The average Bonchev–Trinajstić information content (AvgIpc) is 3.15. The van der Waals surface area contributed by atoms with Gasteiger partial charge in [-0.3, -0.25) is 9.78 Å². The summed E-state index contributed by atoms with van der Waals surface area (Å²) in [7, 11) is 1.79. The summed E-state index contributed by atoms with van der Waals surface area (Å²) in [5.41, 5.74) is 2.46. The van der Waals surface area contributed by atoms with Gasteiger partial charge < -0.3 is 4.90 Å². The Balaban J connectivity index is 1.77.